The lowest BCUT2D eigenvalue weighted by Gasteiger charge is -2.10. The zero-order valence-electron chi connectivity index (χ0n) is 9.61. The summed E-state index contributed by atoms with van der Waals surface area (Å²) in [5.41, 5.74) is 2.12. The number of para-hydroxylation sites is 1. The maximum absolute atomic E-state index is 5.92. The summed E-state index contributed by atoms with van der Waals surface area (Å²) in [6, 6.07) is 15.6. The Morgan fingerprint density at radius 2 is 1.94 bits per heavy atom. The van der Waals surface area contributed by atoms with Gasteiger partial charge < -0.3 is 10.1 Å². The Hall–Kier alpha value is -1.67. The zero-order valence-corrected chi connectivity index (χ0v) is 10.4. The van der Waals surface area contributed by atoms with Crippen molar-refractivity contribution in [1.82, 2.24) is 0 Å². The van der Waals surface area contributed by atoms with Crippen LogP contribution in [-0.2, 0) is 6.54 Å². The molecule has 0 spiro atoms. The Labute approximate surface area is 106 Å². The van der Waals surface area contributed by atoms with E-state index in [1.54, 1.807) is 7.11 Å². The molecule has 0 aliphatic carbocycles. The van der Waals surface area contributed by atoms with Gasteiger partial charge in [0, 0.05) is 22.8 Å². The molecule has 0 unspecified atom stereocenters. The van der Waals surface area contributed by atoms with Gasteiger partial charge in [-0.25, -0.2) is 0 Å². The first-order valence-electron chi connectivity index (χ1n) is 5.41. The second-order valence-electron chi connectivity index (χ2n) is 3.68. The summed E-state index contributed by atoms with van der Waals surface area (Å²) in [6.45, 7) is 0.713. The maximum atomic E-state index is 5.92. The van der Waals surface area contributed by atoms with Gasteiger partial charge in [0.1, 0.15) is 5.75 Å². The lowest BCUT2D eigenvalue weighted by molar-refractivity contribution is 0.410. The average Bonchev–Trinajstić information content (AvgIpc) is 2.37. The van der Waals surface area contributed by atoms with Crippen molar-refractivity contribution in [1.29, 1.82) is 0 Å². The molecule has 0 aliphatic heterocycles. The fourth-order valence-electron chi connectivity index (χ4n) is 1.64. The van der Waals surface area contributed by atoms with Crippen molar-refractivity contribution in [2.45, 2.75) is 6.54 Å². The standard InChI is InChI=1S/C14H14ClNO/c1-17-14-8-3-2-5-11(14)10-16-13-7-4-6-12(15)9-13/h2-9,16H,10H2,1H3. The number of nitrogens with one attached hydrogen (secondary N) is 1. The second-order valence-corrected chi connectivity index (χ2v) is 4.11. The quantitative estimate of drug-likeness (QED) is 0.883. The average molecular weight is 248 g/mol. The van der Waals surface area contributed by atoms with E-state index in [0.717, 1.165) is 22.0 Å². The first-order chi connectivity index (χ1) is 8.29. The number of methoxy groups -OCH3 is 1. The van der Waals surface area contributed by atoms with Crippen molar-refractivity contribution < 1.29 is 4.74 Å². The summed E-state index contributed by atoms with van der Waals surface area (Å²) >= 11 is 5.92. The summed E-state index contributed by atoms with van der Waals surface area (Å²) < 4.78 is 5.29. The Bertz CT molecular complexity index is 499. The Balaban J connectivity index is 2.07. The molecule has 2 rings (SSSR count). The monoisotopic (exact) mass is 247 g/mol. The van der Waals surface area contributed by atoms with E-state index in [4.69, 9.17) is 16.3 Å². The summed E-state index contributed by atoms with van der Waals surface area (Å²) in [6.07, 6.45) is 0. The van der Waals surface area contributed by atoms with Crippen molar-refractivity contribution in [3.05, 3.63) is 59.1 Å². The van der Waals surface area contributed by atoms with Crippen LogP contribution in [0.4, 0.5) is 5.69 Å². The molecule has 0 saturated carbocycles. The summed E-state index contributed by atoms with van der Waals surface area (Å²) in [5.74, 6) is 0.891. The van der Waals surface area contributed by atoms with E-state index in [1.165, 1.54) is 0 Å². The van der Waals surface area contributed by atoms with Crippen molar-refractivity contribution in [3.8, 4) is 5.75 Å². The number of hydrogen-bond donors (Lipinski definition) is 1. The SMILES string of the molecule is COc1ccccc1CNc1cccc(Cl)c1. The number of ether oxygens (including phenoxy) is 1. The fourth-order valence-corrected chi connectivity index (χ4v) is 1.84. The fraction of sp³-hybridized carbons (Fsp3) is 0.143. The van der Waals surface area contributed by atoms with Crippen LogP contribution in [-0.4, -0.2) is 7.11 Å². The van der Waals surface area contributed by atoms with Crippen LogP contribution in [0.5, 0.6) is 5.75 Å². The van der Waals surface area contributed by atoms with E-state index in [0.29, 0.717) is 6.54 Å². The van der Waals surface area contributed by atoms with Gasteiger partial charge in [0.15, 0.2) is 0 Å². The van der Waals surface area contributed by atoms with E-state index in [-0.39, 0.29) is 0 Å². The molecule has 0 saturated heterocycles. The molecule has 0 heterocycles. The number of anilines is 1. The molecular formula is C14H14ClNO. The highest BCUT2D eigenvalue weighted by atomic mass is 35.5. The summed E-state index contributed by atoms with van der Waals surface area (Å²) in [7, 11) is 1.68. The highest BCUT2D eigenvalue weighted by Gasteiger charge is 2.01. The van der Waals surface area contributed by atoms with E-state index in [9.17, 15) is 0 Å². The predicted molar refractivity (Wildman–Crippen MR) is 71.8 cm³/mol. The minimum absolute atomic E-state index is 0.713. The van der Waals surface area contributed by atoms with Gasteiger partial charge >= 0.3 is 0 Å². The minimum atomic E-state index is 0.713. The molecule has 0 fully saturated rings. The van der Waals surface area contributed by atoms with Gasteiger partial charge in [-0.3, -0.25) is 0 Å². The summed E-state index contributed by atoms with van der Waals surface area (Å²) in [4.78, 5) is 0. The van der Waals surface area contributed by atoms with E-state index >= 15 is 0 Å². The van der Waals surface area contributed by atoms with Gasteiger partial charge in [-0.15, -0.1) is 0 Å². The van der Waals surface area contributed by atoms with Gasteiger partial charge in [-0.05, 0) is 24.3 Å². The van der Waals surface area contributed by atoms with Crippen LogP contribution < -0.4 is 10.1 Å². The zero-order chi connectivity index (χ0) is 12.1. The molecule has 3 heteroatoms. The molecule has 0 aromatic heterocycles. The van der Waals surface area contributed by atoms with Gasteiger partial charge in [0.25, 0.3) is 0 Å². The normalized spacial score (nSPS) is 10.0. The van der Waals surface area contributed by atoms with Crippen molar-refractivity contribution in [2.24, 2.45) is 0 Å². The van der Waals surface area contributed by atoms with Crippen LogP contribution >= 0.6 is 11.6 Å². The first kappa shape index (κ1) is 11.8. The molecular weight excluding hydrogens is 234 g/mol. The van der Waals surface area contributed by atoms with Crippen molar-refractivity contribution in [2.75, 3.05) is 12.4 Å². The molecule has 0 bridgehead atoms. The third-order valence-corrected chi connectivity index (χ3v) is 2.74. The highest BCUT2D eigenvalue weighted by Crippen LogP contribution is 2.20. The number of rotatable bonds is 4. The van der Waals surface area contributed by atoms with Gasteiger partial charge in [0.2, 0.25) is 0 Å². The lowest BCUT2D eigenvalue weighted by atomic mass is 10.2. The molecule has 2 nitrogen and oxygen atoms in total. The van der Waals surface area contributed by atoms with E-state index < -0.39 is 0 Å². The third-order valence-electron chi connectivity index (χ3n) is 2.50. The predicted octanol–water partition coefficient (Wildman–Crippen LogP) is 3.96. The third kappa shape index (κ3) is 3.14. The molecule has 0 radical (unpaired) electrons. The molecule has 0 aliphatic rings. The molecule has 17 heavy (non-hydrogen) atoms. The van der Waals surface area contributed by atoms with Gasteiger partial charge in [-0.2, -0.15) is 0 Å². The molecule has 0 atom stereocenters. The minimum Gasteiger partial charge on any atom is -0.496 e. The number of benzene rings is 2. The van der Waals surface area contributed by atoms with Crippen LogP contribution in [0, 0.1) is 0 Å². The van der Waals surface area contributed by atoms with Crippen LogP contribution in [0.3, 0.4) is 0 Å². The Kier molecular flexibility index (Phi) is 3.89. The van der Waals surface area contributed by atoms with Crippen LogP contribution in [0.2, 0.25) is 5.02 Å². The number of halogens is 1. The van der Waals surface area contributed by atoms with Crippen LogP contribution in [0.15, 0.2) is 48.5 Å². The Morgan fingerprint density at radius 1 is 1.12 bits per heavy atom. The smallest absolute Gasteiger partial charge is 0.123 e. The van der Waals surface area contributed by atoms with Gasteiger partial charge in [0.05, 0.1) is 7.11 Å². The van der Waals surface area contributed by atoms with E-state index in [1.807, 2.05) is 48.5 Å². The molecule has 2 aromatic carbocycles. The highest BCUT2D eigenvalue weighted by molar-refractivity contribution is 6.30. The molecule has 1 N–H and O–H groups in total. The molecule has 0 amide bonds. The summed E-state index contributed by atoms with van der Waals surface area (Å²) in [5, 5.41) is 4.04. The largest absolute Gasteiger partial charge is 0.496 e. The lowest BCUT2D eigenvalue weighted by Crippen LogP contribution is -2.01. The second kappa shape index (κ2) is 5.60. The molecule has 88 valence electrons. The van der Waals surface area contributed by atoms with E-state index in [2.05, 4.69) is 5.32 Å². The van der Waals surface area contributed by atoms with Crippen LogP contribution in [0.25, 0.3) is 0 Å². The van der Waals surface area contributed by atoms with Crippen molar-refractivity contribution in [3.63, 3.8) is 0 Å². The Morgan fingerprint density at radius 3 is 2.71 bits per heavy atom. The topological polar surface area (TPSA) is 21.3 Å². The first-order valence-corrected chi connectivity index (χ1v) is 5.79. The maximum Gasteiger partial charge on any atom is 0.123 e. The number of hydrogen-bond acceptors (Lipinski definition) is 2. The van der Waals surface area contributed by atoms with Gasteiger partial charge in [-0.1, -0.05) is 35.9 Å². The van der Waals surface area contributed by atoms with Crippen molar-refractivity contribution >= 4 is 17.3 Å². The van der Waals surface area contributed by atoms with Crippen LogP contribution in [0.1, 0.15) is 5.56 Å². The molecule has 2 aromatic rings.